The zero-order valence-corrected chi connectivity index (χ0v) is 11.8. The Labute approximate surface area is 121 Å². The Hall–Kier alpha value is -0.970. The van der Waals surface area contributed by atoms with E-state index in [0.29, 0.717) is 4.47 Å². The summed E-state index contributed by atoms with van der Waals surface area (Å²) in [5, 5.41) is 20.6. The molecule has 0 aliphatic rings. The van der Waals surface area contributed by atoms with Gasteiger partial charge in [-0.2, -0.15) is 18.4 Å². The Morgan fingerprint density at radius 3 is 2.58 bits per heavy atom. The summed E-state index contributed by atoms with van der Waals surface area (Å²) in [6.45, 7) is 0.00526. The summed E-state index contributed by atoms with van der Waals surface area (Å²) in [6.07, 6.45) is -5.49. The van der Waals surface area contributed by atoms with Gasteiger partial charge in [-0.3, -0.25) is 0 Å². The highest BCUT2D eigenvalue weighted by atomic mass is 79.9. The van der Waals surface area contributed by atoms with Gasteiger partial charge >= 0.3 is 6.18 Å². The van der Waals surface area contributed by atoms with Crippen molar-refractivity contribution in [3.8, 4) is 6.07 Å². The fourth-order valence-electron chi connectivity index (χ4n) is 1.32. The fourth-order valence-corrected chi connectivity index (χ4v) is 1.91. The molecule has 104 valence electrons. The highest BCUT2D eigenvalue weighted by molar-refractivity contribution is 9.10. The van der Waals surface area contributed by atoms with Crippen LogP contribution in [0.15, 0.2) is 16.6 Å². The van der Waals surface area contributed by atoms with Crippen molar-refractivity contribution in [1.29, 1.82) is 5.26 Å². The molecule has 8 heteroatoms. The average molecular weight is 358 g/mol. The molecule has 1 unspecified atom stereocenters. The van der Waals surface area contributed by atoms with E-state index < -0.39 is 23.4 Å². The normalized spacial score (nSPS) is 12.9. The molecule has 0 fully saturated rings. The number of rotatable bonds is 4. The van der Waals surface area contributed by atoms with E-state index in [9.17, 15) is 18.3 Å². The highest BCUT2D eigenvalue weighted by Gasteiger charge is 2.34. The number of nitriles is 1. The molecule has 0 radical (unpaired) electrons. The molecule has 1 aromatic rings. The number of aliphatic hydroxyl groups is 1. The lowest BCUT2D eigenvalue weighted by Gasteiger charge is -2.15. The Bertz CT molecular complexity index is 502. The number of anilines is 1. The van der Waals surface area contributed by atoms with Gasteiger partial charge in [-0.05, 0) is 28.1 Å². The molecule has 1 atom stereocenters. The molecule has 0 bridgehead atoms. The summed E-state index contributed by atoms with van der Waals surface area (Å²) in [5.74, 6) is -0.0347. The van der Waals surface area contributed by atoms with E-state index in [1.54, 1.807) is 0 Å². The Kier molecular flexibility index (Phi) is 5.47. The fraction of sp³-hybridized carbons (Fsp3) is 0.364. The number of hydrogen-bond donors (Lipinski definition) is 2. The van der Waals surface area contributed by atoms with Crippen molar-refractivity contribution in [2.24, 2.45) is 0 Å². The molecule has 0 aliphatic heterocycles. The van der Waals surface area contributed by atoms with Crippen LogP contribution < -0.4 is 5.32 Å². The van der Waals surface area contributed by atoms with Crippen LogP contribution in [-0.4, -0.2) is 23.6 Å². The van der Waals surface area contributed by atoms with Crippen molar-refractivity contribution < 1.29 is 18.3 Å². The number of benzene rings is 1. The zero-order valence-electron chi connectivity index (χ0n) is 9.43. The van der Waals surface area contributed by atoms with Gasteiger partial charge in [0.05, 0.1) is 29.2 Å². The van der Waals surface area contributed by atoms with Crippen molar-refractivity contribution in [1.82, 2.24) is 0 Å². The van der Waals surface area contributed by atoms with Crippen LogP contribution >= 0.6 is 27.5 Å². The first-order valence-electron chi connectivity index (χ1n) is 5.08. The summed E-state index contributed by atoms with van der Waals surface area (Å²) in [7, 11) is 0. The molecule has 0 spiro atoms. The topological polar surface area (TPSA) is 56.0 Å². The van der Waals surface area contributed by atoms with E-state index in [-0.39, 0.29) is 18.1 Å². The van der Waals surface area contributed by atoms with E-state index in [2.05, 4.69) is 21.2 Å². The van der Waals surface area contributed by atoms with Gasteiger partial charge < -0.3 is 10.4 Å². The lowest BCUT2D eigenvalue weighted by molar-refractivity contribution is -0.137. The first-order valence-corrected chi connectivity index (χ1v) is 6.41. The smallest absolute Gasteiger partial charge is 0.390 e. The largest absolute Gasteiger partial charge is 0.417 e. The van der Waals surface area contributed by atoms with Gasteiger partial charge in [0.2, 0.25) is 0 Å². The third kappa shape index (κ3) is 4.27. The summed E-state index contributed by atoms with van der Waals surface area (Å²) >= 11 is 8.45. The maximum atomic E-state index is 12.7. The van der Waals surface area contributed by atoms with Crippen molar-refractivity contribution >= 4 is 33.2 Å². The quantitative estimate of drug-likeness (QED) is 0.813. The van der Waals surface area contributed by atoms with Crippen LogP contribution in [0.4, 0.5) is 18.9 Å². The minimum atomic E-state index is -4.62. The van der Waals surface area contributed by atoms with Crippen molar-refractivity contribution in [3.63, 3.8) is 0 Å². The number of halogens is 5. The lowest BCUT2D eigenvalue weighted by atomic mass is 10.1. The van der Waals surface area contributed by atoms with Crippen LogP contribution in [0, 0.1) is 11.3 Å². The average Bonchev–Trinajstić information content (AvgIpc) is 2.34. The standard InChI is InChI=1S/C11H9BrClF3N2O/c12-9-1-6(4-17)8(11(14,15)16)2-10(9)18-5-7(19)3-13/h1-2,7,18-19H,3,5H2. The van der Waals surface area contributed by atoms with Gasteiger partial charge in [-0.1, -0.05) is 0 Å². The second kappa shape index (κ2) is 6.46. The van der Waals surface area contributed by atoms with Crippen molar-refractivity contribution in [3.05, 3.63) is 27.7 Å². The third-order valence-electron chi connectivity index (χ3n) is 2.24. The lowest BCUT2D eigenvalue weighted by Crippen LogP contribution is -2.21. The monoisotopic (exact) mass is 356 g/mol. The molecule has 19 heavy (non-hydrogen) atoms. The SMILES string of the molecule is N#Cc1cc(Br)c(NCC(O)CCl)cc1C(F)(F)F. The van der Waals surface area contributed by atoms with Crippen LogP contribution in [0.3, 0.4) is 0 Å². The first-order chi connectivity index (χ1) is 8.79. The highest BCUT2D eigenvalue weighted by Crippen LogP contribution is 2.36. The molecular weight excluding hydrogens is 348 g/mol. The van der Waals surface area contributed by atoms with E-state index in [1.807, 2.05) is 0 Å². The van der Waals surface area contributed by atoms with E-state index in [4.69, 9.17) is 16.9 Å². The molecule has 0 heterocycles. The molecule has 1 aromatic carbocycles. The molecular formula is C11H9BrClF3N2O. The summed E-state index contributed by atoms with van der Waals surface area (Å²) in [4.78, 5) is 0. The molecule has 1 rings (SSSR count). The second-order valence-corrected chi connectivity index (χ2v) is 4.84. The predicted molar refractivity (Wildman–Crippen MR) is 69.1 cm³/mol. The summed E-state index contributed by atoms with van der Waals surface area (Å²) in [6, 6.07) is 3.40. The van der Waals surface area contributed by atoms with Crippen molar-refractivity contribution in [2.45, 2.75) is 12.3 Å². The second-order valence-electron chi connectivity index (χ2n) is 3.68. The van der Waals surface area contributed by atoms with Gasteiger partial charge in [0, 0.05) is 16.7 Å². The minimum absolute atomic E-state index is 0.00526. The van der Waals surface area contributed by atoms with Gasteiger partial charge in [0.25, 0.3) is 0 Å². The number of nitrogens with zero attached hydrogens (tertiary/aromatic N) is 1. The Balaban J connectivity index is 3.11. The molecule has 0 aliphatic carbocycles. The van der Waals surface area contributed by atoms with E-state index >= 15 is 0 Å². The molecule has 2 N–H and O–H groups in total. The Morgan fingerprint density at radius 2 is 2.11 bits per heavy atom. The minimum Gasteiger partial charge on any atom is -0.390 e. The first kappa shape index (κ1) is 16.1. The predicted octanol–water partition coefficient (Wildman–Crippen LogP) is 3.35. The molecule has 0 amide bonds. The van der Waals surface area contributed by atoms with Crippen LogP contribution in [0.5, 0.6) is 0 Å². The molecule has 0 aromatic heterocycles. The molecule has 0 saturated carbocycles. The summed E-state index contributed by atoms with van der Waals surface area (Å²) < 4.78 is 38.5. The molecule has 0 saturated heterocycles. The Morgan fingerprint density at radius 1 is 1.47 bits per heavy atom. The molecule has 3 nitrogen and oxygen atoms in total. The number of aliphatic hydroxyl groups excluding tert-OH is 1. The van der Waals surface area contributed by atoms with E-state index in [1.165, 1.54) is 6.07 Å². The number of alkyl halides is 4. The third-order valence-corrected chi connectivity index (χ3v) is 3.25. The number of hydrogen-bond acceptors (Lipinski definition) is 3. The van der Waals surface area contributed by atoms with Gasteiger partial charge in [0.1, 0.15) is 0 Å². The van der Waals surface area contributed by atoms with Gasteiger partial charge in [-0.25, -0.2) is 0 Å². The maximum absolute atomic E-state index is 12.7. The van der Waals surface area contributed by atoms with Crippen LogP contribution in [0.2, 0.25) is 0 Å². The summed E-state index contributed by atoms with van der Waals surface area (Å²) in [5.41, 5.74) is -1.36. The maximum Gasteiger partial charge on any atom is 0.417 e. The van der Waals surface area contributed by atoms with Crippen LogP contribution in [0.1, 0.15) is 11.1 Å². The van der Waals surface area contributed by atoms with Gasteiger partial charge in [-0.15, -0.1) is 11.6 Å². The van der Waals surface area contributed by atoms with Crippen molar-refractivity contribution in [2.75, 3.05) is 17.7 Å². The van der Waals surface area contributed by atoms with Crippen LogP contribution in [0.25, 0.3) is 0 Å². The van der Waals surface area contributed by atoms with Gasteiger partial charge in [0.15, 0.2) is 0 Å². The van der Waals surface area contributed by atoms with Crippen LogP contribution in [-0.2, 0) is 6.18 Å². The van der Waals surface area contributed by atoms with E-state index in [0.717, 1.165) is 12.1 Å². The number of nitrogens with one attached hydrogen (secondary N) is 1. The zero-order chi connectivity index (χ0) is 14.6.